The summed E-state index contributed by atoms with van der Waals surface area (Å²) in [4.78, 5) is 1.48. The van der Waals surface area contributed by atoms with E-state index in [1.165, 1.54) is 17.8 Å². The van der Waals surface area contributed by atoms with Crippen LogP contribution in [-0.2, 0) is 6.54 Å². The lowest BCUT2D eigenvalue weighted by Gasteiger charge is -2.13. The van der Waals surface area contributed by atoms with Crippen molar-refractivity contribution >= 4 is 35.0 Å². The summed E-state index contributed by atoms with van der Waals surface area (Å²) in [5.41, 5.74) is 0.930. The maximum absolute atomic E-state index is 14.1. The van der Waals surface area contributed by atoms with Gasteiger partial charge < -0.3 is 5.32 Å². The number of halogens is 3. The molecule has 0 radical (unpaired) electrons. The van der Waals surface area contributed by atoms with E-state index in [-0.39, 0.29) is 5.82 Å². The maximum atomic E-state index is 14.1. The lowest BCUT2D eigenvalue weighted by molar-refractivity contribution is 0.564. The summed E-state index contributed by atoms with van der Waals surface area (Å²) in [6.45, 7) is 4.75. The second-order valence-electron chi connectivity index (χ2n) is 4.94. The molecule has 0 saturated carbocycles. The van der Waals surface area contributed by atoms with Crippen molar-refractivity contribution in [3.05, 3.63) is 57.8 Å². The average Bonchev–Trinajstić information content (AvgIpc) is 2.43. The molecule has 0 amide bonds. The molecule has 0 fully saturated rings. The van der Waals surface area contributed by atoms with Crippen LogP contribution in [0.2, 0.25) is 10.0 Å². The van der Waals surface area contributed by atoms with E-state index in [1.807, 2.05) is 12.1 Å². The van der Waals surface area contributed by atoms with Crippen molar-refractivity contribution in [2.24, 2.45) is 0 Å². The standard InChI is InChI=1S/C16H16Cl2FNS/c1-10(2)20-9-11-4-3-5-15(19)16(11)21-12-6-7-13(17)14(18)8-12/h3-8,10,20H,9H2,1-2H3. The molecule has 0 spiro atoms. The van der Waals surface area contributed by atoms with Gasteiger partial charge in [0.25, 0.3) is 0 Å². The van der Waals surface area contributed by atoms with Crippen molar-refractivity contribution in [1.82, 2.24) is 5.32 Å². The molecule has 0 aliphatic carbocycles. The fraction of sp³-hybridized carbons (Fsp3) is 0.250. The van der Waals surface area contributed by atoms with Gasteiger partial charge >= 0.3 is 0 Å². The van der Waals surface area contributed by atoms with Crippen molar-refractivity contribution in [2.75, 3.05) is 0 Å². The highest BCUT2D eigenvalue weighted by Crippen LogP contribution is 2.35. The van der Waals surface area contributed by atoms with Crippen molar-refractivity contribution in [3.63, 3.8) is 0 Å². The summed E-state index contributed by atoms with van der Waals surface area (Å²) in [6, 6.07) is 10.8. The molecule has 0 aliphatic rings. The second-order valence-corrected chi connectivity index (χ2v) is 6.84. The Kier molecular flexibility index (Phi) is 5.94. The molecule has 0 aromatic heterocycles. The average molecular weight is 344 g/mol. The van der Waals surface area contributed by atoms with E-state index < -0.39 is 0 Å². The minimum atomic E-state index is -0.228. The highest BCUT2D eigenvalue weighted by Gasteiger charge is 2.11. The predicted octanol–water partition coefficient (Wildman–Crippen LogP) is 5.78. The van der Waals surface area contributed by atoms with Gasteiger partial charge in [-0.2, -0.15) is 0 Å². The monoisotopic (exact) mass is 343 g/mol. The molecular weight excluding hydrogens is 328 g/mol. The Morgan fingerprint density at radius 1 is 1.14 bits per heavy atom. The Hall–Kier alpha value is -0.740. The van der Waals surface area contributed by atoms with Crippen LogP contribution >= 0.6 is 35.0 Å². The van der Waals surface area contributed by atoms with Crippen LogP contribution in [0.15, 0.2) is 46.2 Å². The van der Waals surface area contributed by atoms with E-state index >= 15 is 0 Å². The van der Waals surface area contributed by atoms with Gasteiger partial charge in [0.1, 0.15) is 5.82 Å². The molecule has 0 heterocycles. The number of hydrogen-bond donors (Lipinski definition) is 1. The molecule has 0 saturated heterocycles. The number of hydrogen-bond acceptors (Lipinski definition) is 2. The zero-order valence-electron chi connectivity index (χ0n) is 11.8. The van der Waals surface area contributed by atoms with E-state index in [9.17, 15) is 4.39 Å². The van der Waals surface area contributed by atoms with Gasteiger partial charge in [-0.25, -0.2) is 4.39 Å². The molecule has 2 aromatic carbocycles. The summed E-state index contributed by atoms with van der Waals surface area (Å²) < 4.78 is 14.1. The predicted molar refractivity (Wildman–Crippen MR) is 89.0 cm³/mol. The molecule has 2 rings (SSSR count). The Morgan fingerprint density at radius 2 is 1.90 bits per heavy atom. The molecule has 0 bridgehead atoms. The van der Waals surface area contributed by atoms with Crippen LogP contribution in [0.25, 0.3) is 0 Å². The Balaban J connectivity index is 2.27. The minimum absolute atomic E-state index is 0.228. The van der Waals surface area contributed by atoms with Gasteiger partial charge in [-0.1, -0.05) is 60.9 Å². The van der Waals surface area contributed by atoms with Crippen molar-refractivity contribution in [3.8, 4) is 0 Å². The van der Waals surface area contributed by atoms with E-state index in [4.69, 9.17) is 23.2 Å². The van der Waals surface area contributed by atoms with Crippen LogP contribution in [0.3, 0.4) is 0 Å². The molecule has 1 N–H and O–H groups in total. The fourth-order valence-electron chi connectivity index (χ4n) is 1.78. The van der Waals surface area contributed by atoms with Crippen molar-refractivity contribution in [1.29, 1.82) is 0 Å². The lowest BCUT2D eigenvalue weighted by Crippen LogP contribution is -2.22. The highest BCUT2D eigenvalue weighted by atomic mass is 35.5. The molecule has 21 heavy (non-hydrogen) atoms. The molecule has 0 unspecified atom stereocenters. The van der Waals surface area contributed by atoms with Gasteiger partial charge in [-0.15, -0.1) is 0 Å². The first-order valence-corrected chi connectivity index (χ1v) is 8.18. The SMILES string of the molecule is CC(C)NCc1cccc(F)c1Sc1ccc(Cl)c(Cl)c1. The van der Waals surface area contributed by atoms with E-state index in [0.29, 0.717) is 27.5 Å². The van der Waals surface area contributed by atoms with Crippen LogP contribution in [0.5, 0.6) is 0 Å². The van der Waals surface area contributed by atoms with Gasteiger partial charge in [0.2, 0.25) is 0 Å². The van der Waals surface area contributed by atoms with Crippen LogP contribution in [-0.4, -0.2) is 6.04 Å². The zero-order chi connectivity index (χ0) is 15.4. The number of rotatable bonds is 5. The summed E-state index contributed by atoms with van der Waals surface area (Å²) in [5, 5.41) is 4.28. The van der Waals surface area contributed by atoms with Gasteiger partial charge in [-0.05, 0) is 29.8 Å². The quantitative estimate of drug-likeness (QED) is 0.738. The number of benzene rings is 2. The van der Waals surface area contributed by atoms with Gasteiger partial charge in [0, 0.05) is 17.5 Å². The molecule has 1 nitrogen and oxygen atoms in total. The van der Waals surface area contributed by atoms with Crippen molar-refractivity contribution in [2.45, 2.75) is 36.2 Å². The van der Waals surface area contributed by atoms with Crippen LogP contribution in [0, 0.1) is 5.82 Å². The third kappa shape index (κ3) is 4.62. The summed E-state index contributed by atoms with van der Waals surface area (Å²) in [7, 11) is 0. The van der Waals surface area contributed by atoms with Crippen molar-refractivity contribution < 1.29 is 4.39 Å². The first-order chi connectivity index (χ1) is 9.97. The Morgan fingerprint density at radius 3 is 2.57 bits per heavy atom. The molecule has 0 atom stereocenters. The summed E-state index contributed by atoms with van der Waals surface area (Å²) in [6.07, 6.45) is 0. The normalized spacial score (nSPS) is 11.1. The highest BCUT2D eigenvalue weighted by molar-refractivity contribution is 7.99. The first-order valence-electron chi connectivity index (χ1n) is 6.61. The summed E-state index contributed by atoms with van der Waals surface area (Å²) >= 11 is 13.3. The molecule has 112 valence electrons. The third-order valence-corrected chi connectivity index (χ3v) is 4.75. The van der Waals surface area contributed by atoms with Crippen LogP contribution < -0.4 is 5.32 Å². The fourth-order valence-corrected chi connectivity index (χ4v) is 3.13. The van der Waals surface area contributed by atoms with Gasteiger partial charge in [-0.3, -0.25) is 0 Å². The van der Waals surface area contributed by atoms with E-state index in [2.05, 4.69) is 19.2 Å². The zero-order valence-corrected chi connectivity index (χ0v) is 14.1. The van der Waals surface area contributed by atoms with Crippen LogP contribution in [0.1, 0.15) is 19.4 Å². The largest absolute Gasteiger partial charge is 0.310 e. The Labute approximate surface area is 138 Å². The summed E-state index contributed by atoms with van der Waals surface area (Å²) in [5.74, 6) is -0.228. The first kappa shape index (κ1) is 16.6. The second kappa shape index (κ2) is 7.50. The topological polar surface area (TPSA) is 12.0 Å². The maximum Gasteiger partial charge on any atom is 0.137 e. The number of nitrogens with one attached hydrogen (secondary N) is 1. The molecule has 2 aromatic rings. The van der Waals surface area contributed by atoms with Gasteiger partial charge in [0.05, 0.1) is 14.9 Å². The molecule has 5 heteroatoms. The molecule has 0 aliphatic heterocycles. The van der Waals surface area contributed by atoms with Gasteiger partial charge in [0.15, 0.2) is 0 Å². The van der Waals surface area contributed by atoms with E-state index in [1.54, 1.807) is 18.2 Å². The lowest BCUT2D eigenvalue weighted by atomic mass is 10.2. The molecular formula is C16H16Cl2FNS. The van der Waals surface area contributed by atoms with E-state index in [0.717, 1.165) is 10.5 Å². The third-order valence-electron chi connectivity index (χ3n) is 2.86. The minimum Gasteiger partial charge on any atom is -0.310 e. The van der Waals surface area contributed by atoms with Crippen LogP contribution in [0.4, 0.5) is 4.39 Å². The smallest absolute Gasteiger partial charge is 0.137 e. The Bertz CT molecular complexity index is 632.